The van der Waals surface area contributed by atoms with Crippen molar-refractivity contribution in [3.63, 3.8) is 0 Å². The van der Waals surface area contributed by atoms with E-state index in [1.165, 1.54) is 11.1 Å². The number of nitrogens with one attached hydrogen (secondary N) is 1. The second-order valence-electron chi connectivity index (χ2n) is 7.07. The summed E-state index contributed by atoms with van der Waals surface area (Å²) in [5.41, 5.74) is 2.47. The Hall–Kier alpha value is -1.55. The molecule has 1 aromatic rings. The van der Waals surface area contributed by atoms with Crippen LogP contribution in [0.3, 0.4) is 0 Å². The largest absolute Gasteiger partial charge is 0.444 e. The Morgan fingerprint density at radius 1 is 1.32 bits per heavy atom. The van der Waals surface area contributed by atoms with E-state index in [2.05, 4.69) is 41.4 Å². The summed E-state index contributed by atoms with van der Waals surface area (Å²) in [4.78, 5) is 14.1. The van der Waals surface area contributed by atoms with Crippen molar-refractivity contribution in [3.8, 4) is 0 Å². The molecule has 1 heterocycles. The quantitative estimate of drug-likeness (QED) is 0.867. The number of rotatable bonds is 4. The van der Waals surface area contributed by atoms with Gasteiger partial charge in [0.25, 0.3) is 0 Å². The second kappa shape index (κ2) is 7.14. The van der Waals surface area contributed by atoms with Crippen molar-refractivity contribution in [2.24, 2.45) is 0 Å². The molecule has 1 aromatic carbocycles. The molecule has 4 nitrogen and oxygen atoms in total. The van der Waals surface area contributed by atoms with Gasteiger partial charge < -0.3 is 10.1 Å². The van der Waals surface area contributed by atoms with E-state index in [9.17, 15) is 4.79 Å². The van der Waals surface area contributed by atoms with Crippen LogP contribution < -0.4 is 5.32 Å². The minimum atomic E-state index is -0.435. The Kier molecular flexibility index (Phi) is 5.46. The van der Waals surface area contributed by atoms with Gasteiger partial charge in [0.2, 0.25) is 0 Å². The fourth-order valence-electron chi connectivity index (χ4n) is 2.82. The number of carbonyl (C=O) groups excluding carboxylic acids is 1. The van der Waals surface area contributed by atoms with E-state index in [1.807, 2.05) is 20.8 Å². The van der Waals surface area contributed by atoms with Crippen LogP contribution in [0.15, 0.2) is 24.3 Å². The summed E-state index contributed by atoms with van der Waals surface area (Å²) in [5, 5.41) is 2.82. The number of hydrogen-bond donors (Lipinski definition) is 1. The van der Waals surface area contributed by atoms with Crippen LogP contribution in [0, 0.1) is 0 Å². The van der Waals surface area contributed by atoms with Crippen LogP contribution in [0.5, 0.6) is 0 Å². The van der Waals surface area contributed by atoms with Gasteiger partial charge in [-0.05, 0) is 51.7 Å². The maximum absolute atomic E-state index is 11.6. The van der Waals surface area contributed by atoms with Crippen molar-refractivity contribution in [2.75, 3.05) is 13.1 Å². The van der Waals surface area contributed by atoms with Gasteiger partial charge in [-0.15, -0.1) is 0 Å². The van der Waals surface area contributed by atoms with Crippen molar-refractivity contribution in [1.29, 1.82) is 0 Å². The molecule has 4 heteroatoms. The number of hydrogen-bond acceptors (Lipinski definition) is 3. The van der Waals surface area contributed by atoms with Crippen LogP contribution in [0.25, 0.3) is 0 Å². The Morgan fingerprint density at radius 2 is 2.00 bits per heavy atom. The van der Waals surface area contributed by atoms with Crippen LogP contribution >= 0.6 is 0 Å². The summed E-state index contributed by atoms with van der Waals surface area (Å²) in [5.74, 6) is 0. The first-order valence-electron chi connectivity index (χ1n) is 8.13. The molecular weight excluding hydrogens is 276 g/mol. The molecule has 0 fully saturated rings. The van der Waals surface area contributed by atoms with Gasteiger partial charge in [0.1, 0.15) is 5.60 Å². The topological polar surface area (TPSA) is 41.6 Å². The lowest BCUT2D eigenvalue weighted by Gasteiger charge is -2.34. The van der Waals surface area contributed by atoms with Crippen LogP contribution in [-0.4, -0.2) is 35.7 Å². The van der Waals surface area contributed by atoms with E-state index in [-0.39, 0.29) is 6.09 Å². The minimum absolute atomic E-state index is 0.329. The molecule has 0 bridgehead atoms. The molecule has 1 atom stereocenters. The van der Waals surface area contributed by atoms with E-state index in [0.717, 1.165) is 25.9 Å². The van der Waals surface area contributed by atoms with Gasteiger partial charge in [0.15, 0.2) is 0 Å². The Labute approximate surface area is 133 Å². The van der Waals surface area contributed by atoms with Gasteiger partial charge in [-0.25, -0.2) is 4.79 Å². The standard InChI is InChI=1S/C18H28N2O2/c1-14-12-15-8-5-6-9-16(15)13-20(14)11-7-10-19-17(21)22-18(2,3)4/h5-6,8-9,14H,7,10-13H2,1-4H3,(H,19,21). The Balaban J connectivity index is 1.73. The highest BCUT2D eigenvalue weighted by Gasteiger charge is 2.22. The second-order valence-corrected chi connectivity index (χ2v) is 7.07. The highest BCUT2D eigenvalue weighted by Crippen LogP contribution is 2.22. The smallest absolute Gasteiger partial charge is 0.407 e. The van der Waals surface area contributed by atoms with Gasteiger partial charge in [0, 0.05) is 25.7 Å². The molecular formula is C18H28N2O2. The average molecular weight is 304 g/mol. The molecule has 0 saturated carbocycles. The van der Waals surface area contributed by atoms with Gasteiger partial charge in [-0.1, -0.05) is 24.3 Å². The molecule has 1 unspecified atom stereocenters. The molecule has 1 amide bonds. The third-order valence-electron chi connectivity index (χ3n) is 3.92. The van der Waals surface area contributed by atoms with E-state index < -0.39 is 5.60 Å². The van der Waals surface area contributed by atoms with Crippen molar-refractivity contribution in [1.82, 2.24) is 10.2 Å². The predicted molar refractivity (Wildman–Crippen MR) is 88.9 cm³/mol. The van der Waals surface area contributed by atoms with Gasteiger partial charge in [-0.3, -0.25) is 4.90 Å². The van der Waals surface area contributed by atoms with Gasteiger partial charge in [-0.2, -0.15) is 0 Å². The number of benzene rings is 1. The summed E-state index contributed by atoms with van der Waals surface area (Å²) >= 11 is 0. The number of amides is 1. The van der Waals surface area contributed by atoms with E-state index in [4.69, 9.17) is 4.74 Å². The molecule has 22 heavy (non-hydrogen) atoms. The molecule has 0 radical (unpaired) electrons. The first-order valence-corrected chi connectivity index (χ1v) is 8.13. The van der Waals surface area contributed by atoms with Crippen LogP contribution in [-0.2, 0) is 17.7 Å². The predicted octanol–water partition coefficient (Wildman–Crippen LogP) is 3.35. The summed E-state index contributed by atoms with van der Waals surface area (Å²) in [6.45, 7) is 10.5. The van der Waals surface area contributed by atoms with Crippen LogP contribution in [0.2, 0.25) is 0 Å². The highest BCUT2D eigenvalue weighted by atomic mass is 16.6. The monoisotopic (exact) mass is 304 g/mol. The highest BCUT2D eigenvalue weighted by molar-refractivity contribution is 5.67. The van der Waals surface area contributed by atoms with E-state index >= 15 is 0 Å². The van der Waals surface area contributed by atoms with Crippen LogP contribution in [0.4, 0.5) is 4.79 Å². The SMILES string of the molecule is CC1Cc2ccccc2CN1CCCNC(=O)OC(C)(C)C. The fraction of sp³-hybridized carbons (Fsp3) is 0.611. The third kappa shape index (κ3) is 5.02. The molecule has 122 valence electrons. The van der Waals surface area contributed by atoms with Gasteiger partial charge >= 0.3 is 6.09 Å². The molecule has 1 aliphatic rings. The molecule has 0 aliphatic carbocycles. The number of carbonyl (C=O) groups is 1. The third-order valence-corrected chi connectivity index (χ3v) is 3.92. The van der Waals surface area contributed by atoms with Crippen molar-refractivity contribution < 1.29 is 9.53 Å². The zero-order valence-electron chi connectivity index (χ0n) is 14.2. The zero-order valence-corrected chi connectivity index (χ0v) is 14.2. The normalized spacial score (nSPS) is 18.6. The van der Waals surface area contributed by atoms with E-state index in [1.54, 1.807) is 0 Å². The maximum Gasteiger partial charge on any atom is 0.407 e. The molecule has 0 spiro atoms. The zero-order chi connectivity index (χ0) is 16.2. The number of fused-ring (bicyclic) bond motifs is 1. The number of ether oxygens (including phenoxy) is 1. The first-order chi connectivity index (χ1) is 10.3. The lowest BCUT2D eigenvalue weighted by atomic mass is 9.95. The fourth-order valence-corrected chi connectivity index (χ4v) is 2.82. The molecule has 0 aromatic heterocycles. The average Bonchev–Trinajstić information content (AvgIpc) is 2.42. The lowest BCUT2D eigenvalue weighted by molar-refractivity contribution is 0.0524. The summed E-state index contributed by atoms with van der Waals surface area (Å²) in [6, 6.07) is 9.22. The van der Waals surface area contributed by atoms with Crippen molar-refractivity contribution in [3.05, 3.63) is 35.4 Å². The Bertz CT molecular complexity index is 508. The van der Waals surface area contributed by atoms with Crippen molar-refractivity contribution in [2.45, 2.75) is 58.7 Å². The maximum atomic E-state index is 11.6. The molecule has 1 N–H and O–H groups in total. The molecule has 0 saturated heterocycles. The number of nitrogens with zero attached hydrogens (tertiary/aromatic N) is 1. The van der Waals surface area contributed by atoms with Crippen molar-refractivity contribution >= 4 is 6.09 Å². The van der Waals surface area contributed by atoms with Crippen LogP contribution in [0.1, 0.15) is 45.2 Å². The Morgan fingerprint density at radius 3 is 2.68 bits per heavy atom. The first kappa shape index (κ1) is 16.8. The minimum Gasteiger partial charge on any atom is -0.444 e. The van der Waals surface area contributed by atoms with Gasteiger partial charge in [0.05, 0.1) is 0 Å². The lowest BCUT2D eigenvalue weighted by Crippen LogP contribution is -2.40. The summed E-state index contributed by atoms with van der Waals surface area (Å²) in [7, 11) is 0. The molecule has 1 aliphatic heterocycles. The molecule has 2 rings (SSSR count). The van der Waals surface area contributed by atoms with E-state index in [0.29, 0.717) is 12.6 Å². The summed E-state index contributed by atoms with van der Waals surface area (Å²) in [6.07, 6.45) is 1.71. The summed E-state index contributed by atoms with van der Waals surface area (Å²) < 4.78 is 5.23. The number of alkyl carbamates (subject to hydrolysis) is 1.